The highest BCUT2D eigenvalue weighted by Gasteiger charge is 2.27. The van der Waals surface area contributed by atoms with E-state index < -0.39 is 48.6 Å². The number of unbranched alkanes of at least 4 members (excludes halogenated alkanes) is 1. The molecule has 0 aliphatic heterocycles. The molecule has 0 saturated heterocycles. The number of rotatable bonds is 12. The van der Waals surface area contributed by atoms with Crippen LogP contribution in [0, 0.1) is 17.8 Å². The summed E-state index contributed by atoms with van der Waals surface area (Å²) in [7, 11) is 0. The first-order valence-corrected chi connectivity index (χ1v) is 7.04. The van der Waals surface area contributed by atoms with E-state index in [-0.39, 0.29) is 24.7 Å². The van der Waals surface area contributed by atoms with Crippen LogP contribution in [0.3, 0.4) is 0 Å². The zero-order valence-corrected chi connectivity index (χ0v) is 13.6. The van der Waals surface area contributed by atoms with Crippen LogP contribution in [0.15, 0.2) is 0 Å². The summed E-state index contributed by atoms with van der Waals surface area (Å²) in [6, 6.07) is 0. The molecular formula is C14H23ClO8. The molecule has 9 heteroatoms. The van der Waals surface area contributed by atoms with Gasteiger partial charge in [-0.2, -0.15) is 0 Å². The maximum atomic E-state index is 11.0. The third-order valence-electron chi connectivity index (χ3n) is 3.63. The highest BCUT2D eigenvalue weighted by molar-refractivity contribution is 5.85. The number of aliphatic carboxylic acids is 4. The molecule has 134 valence electrons. The number of carboxylic acid groups (broad SMARTS) is 4. The van der Waals surface area contributed by atoms with Gasteiger partial charge in [-0.3, -0.25) is 19.2 Å². The quantitative estimate of drug-likeness (QED) is 0.388. The second kappa shape index (κ2) is 11.7. The van der Waals surface area contributed by atoms with Crippen molar-refractivity contribution in [3.05, 3.63) is 0 Å². The van der Waals surface area contributed by atoms with Crippen LogP contribution in [0.1, 0.15) is 45.4 Å². The van der Waals surface area contributed by atoms with Gasteiger partial charge in [0.25, 0.3) is 0 Å². The Kier molecular flexibility index (Phi) is 11.9. The molecule has 0 heterocycles. The predicted octanol–water partition coefficient (Wildman–Crippen LogP) is 1.96. The molecule has 0 amide bonds. The van der Waals surface area contributed by atoms with Crippen LogP contribution < -0.4 is 0 Å². The summed E-state index contributed by atoms with van der Waals surface area (Å²) in [6.45, 7) is 1.65. The number of carbonyl (C=O) groups is 4. The molecule has 23 heavy (non-hydrogen) atoms. The molecule has 0 aromatic rings. The lowest BCUT2D eigenvalue weighted by Gasteiger charge is -2.18. The van der Waals surface area contributed by atoms with E-state index in [0.29, 0.717) is 19.3 Å². The van der Waals surface area contributed by atoms with Gasteiger partial charge in [0.1, 0.15) is 0 Å². The number of hydrogen-bond acceptors (Lipinski definition) is 4. The highest BCUT2D eigenvalue weighted by atomic mass is 35.5. The molecule has 0 rings (SSSR count). The van der Waals surface area contributed by atoms with Gasteiger partial charge in [-0.1, -0.05) is 19.8 Å². The van der Waals surface area contributed by atoms with Crippen molar-refractivity contribution in [2.45, 2.75) is 45.4 Å². The van der Waals surface area contributed by atoms with E-state index in [2.05, 4.69) is 0 Å². The molecule has 0 aliphatic rings. The van der Waals surface area contributed by atoms with Gasteiger partial charge in [-0.15, -0.1) is 12.4 Å². The number of halogens is 1. The molecule has 0 saturated carbocycles. The van der Waals surface area contributed by atoms with Crippen LogP contribution in [0.25, 0.3) is 0 Å². The minimum atomic E-state index is -1.17. The van der Waals surface area contributed by atoms with Gasteiger partial charge in [0.2, 0.25) is 0 Å². The summed E-state index contributed by atoms with van der Waals surface area (Å²) in [5.41, 5.74) is 0. The Bertz CT molecular complexity index is 423. The van der Waals surface area contributed by atoms with Crippen LogP contribution in [0.4, 0.5) is 0 Å². The van der Waals surface area contributed by atoms with Crippen molar-refractivity contribution in [1.29, 1.82) is 0 Å². The maximum Gasteiger partial charge on any atom is 0.307 e. The molecule has 0 aliphatic carbocycles. The molecule has 4 N–H and O–H groups in total. The van der Waals surface area contributed by atoms with E-state index in [1.165, 1.54) is 0 Å². The molecule has 3 atom stereocenters. The predicted molar refractivity (Wildman–Crippen MR) is 81.6 cm³/mol. The molecule has 0 bridgehead atoms. The number of carboxylic acids is 4. The lowest BCUT2D eigenvalue weighted by molar-refractivity contribution is -0.150. The van der Waals surface area contributed by atoms with Crippen molar-refractivity contribution in [1.82, 2.24) is 0 Å². The summed E-state index contributed by atoms with van der Waals surface area (Å²) in [5.74, 6) is -6.96. The first-order valence-electron chi connectivity index (χ1n) is 7.04. The van der Waals surface area contributed by atoms with Gasteiger partial charge in [0.05, 0.1) is 24.7 Å². The van der Waals surface area contributed by atoms with Crippen molar-refractivity contribution in [3.8, 4) is 0 Å². The van der Waals surface area contributed by atoms with Gasteiger partial charge >= 0.3 is 23.9 Å². The van der Waals surface area contributed by atoms with E-state index in [1.807, 2.05) is 0 Å². The van der Waals surface area contributed by atoms with Crippen molar-refractivity contribution >= 4 is 36.3 Å². The minimum Gasteiger partial charge on any atom is -0.481 e. The molecule has 0 radical (unpaired) electrons. The van der Waals surface area contributed by atoms with Crippen molar-refractivity contribution < 1.29 is 39.6 Å². The number of hydrogen-bond donors (Lipinski definition) is 4. The lowest BCUT2D eigenvalue weighted by atomic mass is 9.86. The molecule has 0 aromatic heterocycles. The fraction of sp³-hybridized carbons (Fsp3) is 0.714. The third-order valence-corrected chi connectivity index (χ3v) is 3.63. The van der Waals surface area contributed by atoms with Crippen molar-refractivity contribution in [3.63, 3.8) is 0 Å². The lowest BCUT2D eigenvalue weighted by Crippen LogP contribution is -2.24. The molecule has 8 nitrogen and oxygen atoms in total. The molecule has 3 unspecified atom stereocenters. The van der Waals surface area contributed by atoms with Crippen molar-refractivity contribution in [2.75, 3.05) is 0 Å². The SMILES string of the molecule is CC(CCCCC(CC(=O)O)C(=O)O)C(CC(=O)O)C(=O)O.Cl. The Morgan fingerprint density at radius 2 is 1.26 bits per heavy atom. The summed E-state index contributed by atoms with van der Waals surface area (Å²) in [4.78, 5) is 43.1. The zero-order chi connectivity index (χ0) is 17.3. The van der Waals surface area contributed by atoms with Crippen LogP contribution in [0.2, 0.25) is 0 Å². The fourth-order valence-corrected chi connectivity index (χ4v) is 2.30. The van der Waals surface area contributed by atoms with Gasteiger partial charge in [0.15, 0.2) is 0 Å². The summed E-state index contributed by atoms with van der Waals surface area (Å²) in [6.07, 6.45) is 0.728. The van der Waals surface area contributed by atoms with Crippen molar-refractivity contribution in [2.24, 2.45) is 17.8 Å². The standard InChI is InChI=1S/C14H22O8.ClH/c1-8(10(14(21)22)7-12(17)18)4-2-3-5-9(13(19)20)6-11(15)16;/h8-10H,2-7H2,1H3,(H,15,16)(H,17,18)(H,19,20)(H,21,22);1H. The van der Waals surface area contributed by atoms with Gasteiger partial charge in [0, 0.05) is 0 Å². The van der Waals surface area contributed by atoms with E-state index in [1.54, 1.807) is 6.92 Å². The maximum absolute atomic E-state index is 11.0. The average Bonchev–Trinajstić information content (AvgIpc) is 2.37. The average molecular weight is 355 g/mol. The first-order chi connectivity index (χ1) is 10.1. The Morgan fingerprint density at radius 1 is 0.783 bits per heavy atom. The van der Waals surface area contributed by atoms with Crippen LogP contribution in [-0.4, -0.2) is 44.3 Å². The summed E-state index contributed by atoms with van der Waals surface area (Å²) >= 11 is 0. The highest BCUT2D eigenvalue weighted by Crippen LogP contribution is 2.23. The Labute approximate surface area is 139 Å². The van der Waals surface area contributed by atoms with E-state index in [4.69, 9.17) is 20.4 Å². The Hall–Kier alpha value is -1.83. The largest absolute Gasteiger partial charge is 0.481 e. The molecule has 0 fully saturated rings. The molecule has 0 aromatic carbocycles. The normalized spacial score (nSPS) is 14.1. The minimum absolute atomic E-state index is 0. The fourth-order valence-electron chi connectivity index (χ4n) is 2.30. The third kappa shape index (κ3) is 10.5. The molecule has 0 spiro atoms. The van der Waals surface area contributed by atoms with Gasteiger partial charge in [-0.25, -0.2) is 0 Å². The smallest absolute Gasteiger partial charge is 0.307 e. The van der Waals surface area contributed by atoms with Crippen LogP contribution >= 0.6 is 12.4 Å². The zero-order valence-electron chi connectivity index (χ0n) is 12.8. The summed E-state index contributed by atoms with van der Waals surface area (Å²) < 4.78 is 0. The molecular weight excluding hydrogens is 332 g/mol. The summed E-state index contributed by atoms with van der Waals surface area (Å²) in [5, 5.41) is 35.2. The van der Waals surface area contributed by atoms with E-state index in [0.717, 1.165) is 0 Å². The second-order valence-corrected chi connectivity index (χ2v) is 5.44. The first kappa shape index (κ1) is 23.4. The van der Waals surface area contributed by atoms with Gasteiger partial charge in [-0.05, 0) is 18.8 Å². The van der Waals surface area contributed by atoms with Crippen LogP contribution in [-0.2, 0) is 19.2 Å². The van der Waals surface area contributed by atoms with E-state index in [9.17, 15) is 19.2 Å². The Morgan fingerprint density at radius 3 is 1.65 bits per heavy atom. The second-order valence-electron chi connectivity index (χ2n) is 5.44. The monoisotopic (exact) mass is 354 g/mol. The van der Waals surface area contributed by atoms with E-state index >= 15 is 0 Å². The topological polar surface area (TPSA) is 149 Å². The van der Waals surface area contributed by atoms with Gasteiger partial charge < -0.3 is 20.4 Å². The van der Waals surface area contributed by atoms with Crippen LogP contribution in [0.5, 0.6) is 0 Å². The Balaban J connectivity index is 0.